The maximum atomic E-state index is 12.0. The first-order valence-electron chi connectivity index (χ1n) is 8.56. The van der Waals surface area contributed by atoms with Gasteiger partial charge in [-0.1, -0.05) is 6.07 Å². The minimum atomic E-state index is -0.290. The van der Waals surface area contributed by atoms with Gasteiger partial charge in [-0.15, -0.1) is 0 Å². The fourth-order valence-corrected chi connectivity index (χ4v) is 2.59. The average molecular weight is 355 g/mol. The number of aromatic nitrogens is 1. The minimum absolute atomic E-state index is 0.0693. The van der Waals surface area contributed by atoms with Crippen LogP contribution in [0.2, 0.25) is 0 Å². The Morgan fingerprint density at radius 2 is 1.92 bits per heavy atom. The van der Waals surface area contributed by atoms with Crippen LogP contribution >= 0.6 is 0 Å². The number of benzene rings is 1. The van der Waals surface area contributed by atoms with Gasteiger partial charge in [-0.05, 0) is 36.6 Å². The summed E-state index contributed by atoms with van der Waals surface area (Å²) in [6.45, 7) is 0.936. The number of nitrogens with zero attached hydrogens (tertiary/aromatic N) is 1. The first-order chi connectivity index (χ1) is 12.7. The van der Waals surface area contributed by atoms with E-state index in [-0.39, 0.29) is 18.4 Å². The van der Waals surface area contributed by atoms with E-state index >= 15 is 0 Å². The maximum absolute atomic E-state index is 12.0. The Hall–Kier alpha value is -3.09. The lowest BCUT2D eigenvalue weighted by Crippen LogP contribution is -2.32. The number of nitrogens with one attached hydrogen (secondary N) is 2. The number of anilines is 1. The van der Waals surface area contributed by atoms with Crippen molar-refractivity contribution in [3.05, 3.63) is 48.3 Å². The van der Waals surface area contributed by atoms with Crippen molar-refractivity contribution in [2.24, 2.45) is 0 Å². The van der Waals surface area contributed by atoms with Crippen molar-refractivity contribution in [3.63, 3.8) is 0 Å². The van der Waals surface area contributed by atoms with Crippen molar-refractivity contribution in [2.75, 3.05) is 25.1 Å². The van der Waals surface area contributed by atoms with E-state index in [1.807, 2.05) is 12.1 Å². The molecule has 7 heteroatoms. The predicted octanol–water partition coefficient (Wildman–Crippen LogP) is 1.93. The van der Waals surface area contributed by atoms with Crippen molar-refractivity contribution in [1.29, 1.82) is 0 Å². The molecule has 0 bridgehead atoms. The Morgan fingerprint density at radius 3 is 2.73 bits per heavy atom. The van der Waals surface area contributed by atoms with Crippen molar-refractivity contribution in [2.45, 2.75) is 19.3 Å². The summed E-state index contributed by atoms with van der Waals surface area (Å²) in [6.07, 6.45) is 5.37. The van der Waals surface area contributed by atoms with Crippen molar-refractivity contribution in [1.82, 2.24) is 10.3 Å². The van der Waals surface area contributed by atoms with E-state index in [2.05, 4.69) is 15.6 Å². The van der Waals surface area contributed by atoms with Gasteiger partial charge in [0.15, 0.2) is 11.5 Å². The molecule has 136 valence electrons. The molecule has 1 aromatic carbocycles. The molecule has 0 spiro atoms. The molecular formula is C19H21N3O4. The molecule has 2 N–H and O–H groups in total. The topological polar surface area (TPSA) is 89.6 Å². The Morgan fingerprint density at radius 1 is 1.08 bits per heavy atom. The van der Waals surface area contributed by atoms with Gasteiger partial charge in [0.25, 0.3) is 0 Å². The number of rotatable bonds is 7. The summed E-state index contributed by atoms with van der Waals surface area (Å²) >= 11 is 0. The zero-order valence-corrected chi connectivity index (χ0v) is 14.4. The molecule has 0 unspecified atom stereocenters. The van der Waals surface area contributed by atoms with Gasteiger partial charge in [0, 0.05) is 30.6 Å². The number of ether oxygens (including phenoxy) is 2. The number of hydrogen-bond donors (Lipinski definition) is 2. The van der Waals surface area contributed by atoms with Crippen LogP contribution in [0.3, 0.4) is 0 Å². The fraction of sp³-hybridized carbons (Fsp3) is 0.316. The predicted molar refractivity (Wildman–Crippen MR) is 96.2 cm³/mol. The summed E-state index contributed by atoms with van der Waals surface area (Å²) in [5.41, 5.74) is 1.70. The van der Waals surface area contributed by atoms with Gasteiger partial charge in [-0.2, -0.15) is 0 Å². The van der Waals surface area contributed by atoms with Gasteiger partial charge in [-0.25, -0.2) is 0 Å². The van der Waals surface area contributed by atoms with Gasteiger partial charge >= 0.3 is 0 Å². The average Bonchev–Trinajstić information content (AvgIpc) is 2.67. The summed E-state index contributed by atoms with van der Waals surface area (Å²) in [5, 5.41) is 5.36. The first-order valence-corrected chi connectivity index (χ1v) is 8.56. The van der Waals surface area contributed by atoms with Crippen molar-refractivity contribution < 1.29 is 19.1 Å². The van der Waals surface area contributed by atoms with Crippen molar-refractivity contribution >= 4 is 17.5 Å². The molecule has 0 aliphatic carbocycles. The number of amides is 2. The van der Waals surface area contributed by atoms with Crippen LogP contribution in [0.15, 0.2) is 42.7 Å². The highest BCUT2D eigenvalue weighted by Gasteiger charge is 2.13. The summed E-state index contributed by atoms with van der Waals surface area (Å²) < 4.78 is 10.9. The number of hydrogen-bond acceptors (Lipinski definition) is 5. The van der Waals surface area contributed by atoms with Crippen LogP contribution < -0.4 is 20.1 Å². The largest absolute Gasteiger partial charge is 0.486 e. The highest BCUT2D eigenvalue weighted by Crippen LogP contribution is 2.32. The third-order valence-corrected chi connectivity index (χ3v) is 3.86. The van der Waals surface area contributed by atoms with Crippen LogP contribution in [-0.4, -0.2) is 36.6 Å². The molecule has 0 fully saturated rings. The molecule has 1 aliphatic rings. The van der Waals surface area contributed by atoms with E-state index in [1.54, 1.807) is 30.6 Å². The van der Waals surface area contributed by atoms with Gasteiger partial charge < -0.3 is 20.1 Å². The van der Waals surface area contributed by atoms with Crippen LogP contribution in [-0.2, 0) is 16.0 Å². The first kappa shape index (κ1) is 17.7. The highest BCUT2D eigenvalue weighted by molar-refractivity contribution is 5.94. The number of pyridine rings is 1. The normalized spacial score (nSPS) is 12.3. The summed E-state index contributed by atoms with van der Waals surface area (Å²) in [7, 11) is 0. The number of carbonyl (C=O) groups excluding carboxylic acids is 2. The number of carbonyl (C=O) groups is 2. The molecule has 26 heavy (non-hydrogen) atoms. The zero-order chi connectivity index (χ0) is 18.2. The van der Waals surface area contributed by atoms with E-state index in [9.17, 15) is 9.59 Å². The molecule has 3 rings (SSSR count). The molecule has 1 aliphatic heterocycles. The summed E-state index contributed by atoms with van der Waals surface area (Å²) in [5.74, 6) is 0.832. The molecule has 7 nitrogen and oxygen atoms in total. The third kappa shape index (κ3) is 5.20. The van der Waals surface area contributed by atoms with E-state index in [0.29, 0.717) is 43.2 Å². The van der Waals surface area contributed by atoms with Crippen LogP contribution in [0.4, 0.5) is 5.69 Å². The Balaban J connectivity index is 1.37. The Kier molecular flexibility index (Phi) is 6.03. The van der Waals surface area contributed by atoms with Gasteiger partial charge in [0.05, 0.1) is 6.54 Å². The van der Waals surface area contributed by atoms with Gasteiger partial charge in [0.1, 0.15) is 13.2 Å². The standard InChI is InChI=1S/C19H21N3O4/c23-18(5-1-3-14-4-2-8-20-12-14)21-13-19(24)22-15-6-7-16-17(11-15)26-10-9-25-16/h2,4,6-8,11-12H,1,3,5,9-10,13H2,(H,21,23)(H,22,24). The monoisotopic (exact) mass is 355 g/mol. The molecule has 2 aromatic rings. The fourth-order valence-electron chi connectivity index (χ4n) is 2.59. The lowest BCUT2D eigenvalue weighted by molar-refractivity contribution is -0.124. The third-order valence-electron chi connectivity index (χ3n) is 3.86. The van der Waals surface area contributed by atoms with E-state index in [1.165, 1.54) is 0 Å². The molecule has 0 radical (unpaired) electrons. The van der Waals surface area contributed by atoms with Crippen LogP contribution in [0.25, 0.3) is 0 Å². The summed E-state index contributed by atoms with van der Waals surface area (Å²) in [4.78, 5) is 27.9. The lowest BCUT2D eigenvalue weighted by atomic mass is 10.1. The smallest absolute Gasteiger partial charge is 0.243 e. The number of fused-ring (bicyclic) bond motifs is 1. The van der Waals surface area contributed by atoms with E-state index < -0.39 is 0 Å². The molecule has 0 saturated heterocycles. The quantitative estimate of drug-likeness (QED) is 0.792. The van der Waals surface area contributed by atoms with Crippen LogP contribution in [0.5, 0.6) is 11.5 Å². The van der Waals surface area contributed by atoms with E-state index in [0.717, 1.165) is 12.0 Å². The zero-order valence-electron chi connectivity index (χ0n) is 14.4. The minimum Gasteiger partial charge on any atom is -0.486 e. The molecule has 2 amide bonds. The molecule has 2 heterocycles. The number of aryl methyl sites for hydroxylation is 1. The SMILES string of the molecule is O=C(CCCc1cccnc1)NCC(=O)Nc1ccc2c(c1)OCCO2. The molecule has 1 aromatic heterocycles. The molecular weight excluding hydrogens is 334 g/mol. The van der Waals surface area contributed by atoms with Gasteiger partial charge in [0.2, 0.25) is 11.8 Å². The van der Waals surface area contributed by atoms with E-state index in [4.69, 9.17) is 9.47 Å². The maximum Gasteiger partial charge on any atom is 0.243 e. The highest BCUT2D eigenvalue weighted by atomic mass is 16.6. The molecule has 0 atom stereocenters. The Bertz CT molecular complexity index is 765. The molecule has 0 saturated carbocycles. The second-order valence-electron chi connectivity index (χ2n) is 5.90. The summed E-state index contributed by atoms with van der Waals surface area (Å²) in [6, 6.07) is 9.05. The van der Waals surface area contributed by atoms with Crippen LogP contribution in [0, 0.1) is 0 Å². The Labute approximate surface area is 151 Å². The van der Waals surface area contributed by atoms with Crippen LogP contribution in [0.1, 0.15) is 18.4 Å². The van der Waals surface area contributed by atoms with Gasteiger partial charge in [-0.3, -0.25) is 14.6 Å². The second-order valence-corrected chi connectivity index (χ2v) is 5.90. The van der Waals surface area contributed by atoms with Crippen molar-refractivity contribution in [3.8, 4) is 11.5 Å². The second kappa shape index (κ2) is 8.84. The lowest BCUT2D eigenvalue weighted by Gasteiger charge is -2.19.